The molecule has 2 aliphatic rings. The van der Waals surface area contributed by atoms with Gasteiger partial charge >= 0.3 is 19.2 Å². The van der Waals surface area contributed by atoms with Crippen molar-refractivity contribution >= 4 is 7.82 Å². The summed E-state index contributed by atoms with van der Waals surface area (Å²) in [6, 6.07) is 23.5. The number of benzene rings is 3. The first kappa shape index (κ1) is 44.2. The van der Waals surface area contributed by atoms with E-state index in [1.165, 1.54) is 27.3 Å². The van der Waals surface area contributed by atoms with Crippen LogP contribution < -0.4 is 32.0 Å². The number of aryl methyl sites for hydroxylation is 1. The zero-order valence-electron chi connectivity index (χ0n) is 33.2. The Kier molecular flexibility index (Phi) is 13.0. The molecule has 2 fully saturated rings. The number of phosphoric acid groups is 1. The first-order valence-corrected chi connectivity index (χ1v) is 20.5. The molecule has 4 N–H and O–H groups in total. The van der Waals surface area contributed by atoms with Crippen molar-refractivity contribution in [3.63, 3.8) is 0 Å². The summed E-state index contributed by atoms with van der Waals surface area (Å²) in [6.07, 6.45) is -10.1. The van der Waals surface area contributed by atoms with Crippen molar-refractivity contribution in [1.82, 2.24) is 19.1 Å². The number of hydrogen-bond acceptors (Lipinski definition) is 13. The highest BCUT2D eigenvalue weighted by atomic mass is 31.2. The molecule has 0 spiro atoms. The van der Waals surface area contributed by atoms with E-state index in [1.807, 2.05) is 4.98 Å². The molecule has 2 aromatic heterocycles. The molecule has 18 nitrogen and oxygen atoms in total. The number of halogens is 2. The molecule has 3 aromatic carbocycles. The van der Waals surface area contributed by atoms with Crippen LogP contribution in [0.4, 0.5) is 8.78 Å². The van der Waals surface area contributed by atoms with Gasteiger partial charge in [0.1, 0.15) is 41.6 Å². The first-order chi connectivity index (χ1) is 29.6. The number of H-pyrrole nitrogens is 2. The van der Waals surface area contributed by atoms with Gasteiger partial charge in [-0.2, -0.15) is 8.78 Å². The minimum Gasteiger partial charge on any atom is -0.497 e. The lowest BCUT2D eigenvalue weighted by atomic mass is 9.80. The number of aromatic amines is 2. The summed E-state index contributed by atoms with van der Waals surface area (Å²) in [4.78, 5) is 64.6. The number of phosphoric ester groups is 1. The van der Waals surface area contributed by atoms with E-state index >= 15 is 8.78 Å². The van der Waals surface area contributed by atoms with Crippen molar-refractivity contribution in [3.05, 3.63) is 173 Å². The fraction of sp³-hybridized carbons (Fsp3) is 0.317. The van der Waals surface area contributed by atoms with Gasteiger partial charge in [-0.25, -0.2) is 14.2 Å². The van der Waals surface area contributed by atoms with Gasteiger partial charge in [-0.1, -0.05) is 54.6 Å². The number of aliphatic hydroxyl groups excluding tert-OH is 1. The third-order valence-electron chi connectivity index (χ3n) is 10.5. The van der Waals surface area contributed by atoms with E-state index in [4.69, 9.17) is 32.7 Å². The summed E-state index contributed by atoms with van der Waals surface area (Å²) in [5, 5.41) is 10.7. The number of hydrogen-bond donors (Lipinski definition) is 4. The second-order valence-corrected chi connectivity index (χ2v) is 15.7. The lowest BCUT2D eigenvalue weighted by Crippen LogP contribution is -2.36. The molecule has 0 aliphatic carbocycles. The molecule has 0 saturated carbocycles. The highest BCUT2D eigenvalue weighted by molar-refractivity contribution is 7.47. The molecular formula is C41H41F2N4O14P. The van der Waals surface area contributed by atoms with Crippen molar-refractivity contribution in [1.29, 1.82) is 0 Å². The van der Waals surface area contributed by atoms with Gasteiger partial charge < -0.3 is 33.7 Å². The zero-order valence-corrected chi connectivity index (χ0v) is 34.1. The lowest BCUT2D eigenvalue weighted by molar-refractivity contribution is -0.0870. The summed E-state index contributed by atoms with van der Waals surface area (Å²) < 4.78 is 86.0. The maximum Gasteiger partial charge on any atom is 0.473 e. The minimum absolute atomic E-state index is 0.172. The maximum absolute atomic E-state index is 15.4. The van der Waals surface area contributed by atoms with Gasteiger partial charge in [-0.05, 0) is 47.9 Å². The van der Waals surface area contributed by atoms with Crippen LogP contribution >= 0.6 is 7.82 Å². The van der Waals surface area contributed by atoms with Crippen LogP contribution in [0.1, 0.15) is 41.1 Å². The number of aliphatic hydroxyl groups is 1. The third kappa shape index (κ3) is 9.04. The zero-order chi connectivity index (χ0) is 44.3. The summed E-state index contributed by atoms with van der Waals surface area (Å²) in [7, 11) is -2.44. The second-order valence-electron chi connectivity index (χ2n) is 14.3. The number of ether oxygens (including phenoxy) is 5. The Morgan fingerprint density at radius 1 is 0.839 bits per heavy atom. The van der Waals surface area contributed by atoms with Crippen LogP contribution in [-0.2, 0) is 33.4 Å². The van der Waals surface area contributed by atoms with Crippen LogP contribution in [0.3, 0.4) is 0 Å². The Bertz CT molecular complexity index is 2650. The van der Waals surface area contributed by atoms with Crippen LogP contribution in [0.25, 0.3) is 0 Å². The molecule has 328 valence electrons. The van der Waals surface area contributed by atoms with Crippen molar-refractivity contribution < 1.29 is 56.1 Å². The molecule has 7 rings (SSSR count). The molecule has 0 amide bonds. The Hall–Kier alpha value is -5.83. The smallest absolute Gasteiger partial charge is 0.473 e. The van der Waals surface area contributed by atoms with Gasteiger partial charge in [0.05, 0.1) is 39.1 Å². The Labute approximate surface area is 350 Å². The van der Waals surface area contributed by atoms with E-state index in [0.717, 1.165) is 16.8 Å². The van der Waals surface area contributed by atoms with Crippen LogP contribution in [0, 0.1) is 6.92 Å². The molecule has 1 unspecified atom stereocenters. The summed E-state index contributed by atoms with van der Waals surface area (Å²) >= 11 is 0. The number of aromatic nitrogens is 4. The highest BCUT2D eigenvalue weighted by Crippen LogP contribution is 2.52. The molecule has 21 heteroatoms. The van der Waals surface area contributed by atoms with Gasteiger partial charge in [0.2, 0.25) is 0 Å². The molecule has 4 heterocycles. The molecular weight excluding hydrogens is 841 g/mol. The van der Waals surface area contributed by atoms with Gasteiger partial charge in [-0.15, -0.1) is 0 Å². The Morgan fingerprint density at radius 2 is 1.44 bits per heavy atom. The van der Waals surface area contributed by atoms with E-state index in [2.05, 4.69) is 4.98 Å². The van der Waals surface area contributed by atoms with Gasteiger partial charge in [0.15, 0.2) is 6.23 Å². The largest absolute Gasteiger partial charge is 0.497 e. The predicted molar refractivity (Wildman–Crippen MR) is 214 cm³/mol. The quantitative estimate of drug-likeness (QED) is 0.0870. The monoisotopic (exact) mass is 882 g/mol. The minimum atomic E-state index is -5.44. The SMILES string of the molecule is COc1ccc(C(OC[C@H]2O[C@@H](n3ccc(=O)[nH]c3=O)[C@H](OP(=O)(O)OC[C@H]3O[C@@H](n4cc(C)c(=O)[nH]c4=O)C[C@@H]3O)C2=C(F)F)(c2ccccc2)c2ccc(OC)cc2)cc1. The maximum atomic E-state index is 15.4. The van der Waals surface area contributed by atoms with Crippen molar-refractivity contribution in [3.8, 4) is 11.5 Å². The van der Waals surface area contributed by atoms with Gasteiger partial charge in [-0.3, -0.25) is 37.7 Å². The summed E-state index contributed by atoms with van der Waals surface area (Å²) in [6.45, 7) is -0.0768. The number of nitrogens with zero attached hydrogens (tertiary/aromatic N) is 2. The van der Waals surface area contributed by atoms with E-state index in [-0.39, 0.29) is 12.0 Å². The molecule has 5 aromatic rings. The van der Waals surface area contributed by atoms with Crippen molar-refractivity contribution in [2.24, 2.45) is 0 Å². The van der Waals surface area contributed by atoms with E-state index in [1.54, 1.807) is 78.9 Å². The highest BCUT2D eigenvalue weighted by Gasteiger charge is 2.50. The predicted octanol–water partition coefficient (Wildman–Crippen LogP) is 3.62. The Balaban J connectivity index is 1.22. The molecule has 2 saturated heterocycles. The Morgan fingerprint density at radius 3 is 2.02 bits per heavy atom. The van der Waals surface area contributed by atoms with Crippen molar-refractivity contribution in [2.75, 3.05) is 27.4 Å². The van der Waals surface area contributed by atoms with Crippen molar-refractivity contribution in [2.45, 2.75) is 55.8 Å². The molecule has 0 bridgehead atoms. The van der Waals surface area contributed by atoms with E-state index in [9.17, 15) is 33.7 Å². The summed E-state index contributed by atoms with van der Waals surface area (Å²) in [5.74, 6) is 1.04. The second kappa shape index (κ2) is 18.3. The number of nitrogens with one attached hydrogen (secondary N) is 2. The average Bonchev–Trinajstić information content (AvgIpc) is 3.81. The first-order valence-electron chi connectivity index (χ1n) is 19.0. The van der Waals surface area contributed by atoms with Crippen LogP contribution in [-0.4, -0.2) is 81.0 Å². The molecule has 0 radical (unpaired) electrons. The number of methoxy groups -OCH3 is 2. The third-order valence-corrected chi connectivity index (χ3v) is 11.5. The van der Waals surface area contributed by atoms with Gasteiger partial charge in [0, 0.05) is 30.4 Å². The molecule has 7 atom stereocenters. The fourth-order valence-corrected chi connectivity index (χ4v) is 8.31. The molecule has 62 heavy (non-hydrogen) atoms. The lowest BCUT2D eigenvalue weighted by Gasteiger charge is -2.37. The van der Waals surface area contributed by atoms with Crippen LogP contribution in [0.15, 0.2) is 128 Å². The van der Waals surface area contributed by atoms with E-state index < -0.39 is 97.7 Å². The van der Waals surface area contributed by atoms with Crippen LogP contribution in [0.2, 0.25) is 0 Å². The topological polar surface area (TPSA) is 232 Å². The van der Waals surface area contributed by atoms with Crippen LogP contribution in [0.5, 0.6) is 11.5 Å². The fourth-order valence-electron chi connectivity index (χ4n) is 7.41. The number of rotatable bonds is 15. The summed E-state index contributed by atoms with van der Waals surface area (Å²) in [5.41, 5.74) is -4.14. The van der Waals surface area contributed by atoms with E-state index in [0.29, 0.717) is 32.8 Å². The molecule has 2 aliphatic heterocycles. The standard InChI is InChI=1S/C41H41F2N4O14P/c1-23-20-47(40(52)45-37(23)50)33-19-29(48)30(59-33)22-58-62(53,54)61-35-34(36(42)43)31(60-38(35)46-18-17-32(49)44-39(46)51)21-57-41(24-7-5-4-6-8-24,25-9-13-27(55-2)14-10-25)26-11-15-28(56-3)16-12-26/h4-18,20,29-31,33,35,38,48H,19,21-22H2,1-3H3,(H,53,54)(H,44,49,51)(H,45,50,52)/t29-,30+,31+,33+,35+,38+/m0/s1. The normalized spacial score (nSPS) is 22.3. The average molecular weight is 883 g/mol. The van der Waals surface area contributed by atoms with Gasteiger partial charge in [0.25, 0.3) is 17.2 Å².